The van der Waals surface area contributed by atoms with Crippen molar-refractivity contribution >= 4 is 23.5 Å². The fourth-order valence-corrected chi connectivity index (χ4v) is 2.81. The number of aryl methyl sites for hydroxylation is 1. The first kappa shape index (κ1) is 21.2. The number of benzene rings is 2. The molecular weight excluding hydrogens is 356 g/mol. The SMILES string of the molecule is CCOC(=O)c1ccccc1NC(=O)CN(CCCc1ccccc1)C(C)=O. The Balaban J connectivity index is 1.94. The van der Waals surface area contributed by atoms with Gasteiger partial charge in [-0.25, -0.2) is 4.79 Å². The lowest BCUT2D eigenvalue weighted by atomic mass is 10.1. The summed E-state index contributed by atoms with van der Waals surface area (Å²) >= 11 is 0. The Morgan fingerprint density at radius 3 is 2.36 bits per heavy atom. The molecule has 0 spiro atoms. The van der Waals surface area contributed by atoms with Crippen LogP contribution < -0.4 is 5.32 Å². The van der Waals surface area contributed by atoms with Crippen LogP contribution in [-0.4, -0.2) is 42.4 Å². The van der Waals surface area contributed by atoms with E-state index in [1.54, 1.807) is 31.2 Å². The lowest BCUT2D eigenvalue weighted by Gasteiger charge is -2.21. The highest BCUT2D eigenvalue weighted by molar-refractivity contribution is 6.02. The number of para-hydroxylation sites is 1. The van der Waals surface area contributed by atoms with Crippen molar-refractivity contribution in [1.82, 2.24) is 4.90 Å². The quantitative estimate of drug-likeness (QED) is 0.675. The van der Waals surface area contributed by atoms with Gasteiger partial charge < -0.3 is 15.0 Å². The minimum atomic E-state index is -0.496. The number of ether oxygens (including phenoxy) is 1. The van der Waals surface area contributed by atoms with Gasteiger partial charge in [-0.05, 0) is 37.5 Å². The molecule has 0 saturated heterocycles. The fourth-order valence-electron chi connectivity index (χ4n) is 2.81. The van der Waals surface area contributed by atoms with Crippen molar-refractivity contribution in [2.24, 2.45) is 0 Å². The zero-order chi connectivity index (χ0) is 20.4. The molecule has 0 aliphatic carbocycles. The zero-order valence-electron chi connectivity index (χ0n) is 16.3. The summed E-state index contributed by atoms with van der Waals surface area (Å²) in [7, 11) is 0. The Bertz CT molecular complexity index is 805. The van der Waals surface area contributed by atoms with Crippen molar-refractivity contribution < 1.29 is 19.1 Å². The molecule has 0 aliphatic rings. The molecule has 0 aliphatic heterocycles. The number of carbonyl (C=O) groups is 3. The summed E-state index contributed by atoms with van der Waals surface area (Å²) in [6.07, 6.45) is 1.59. The minimum absolute atomic E-state index is 0.0682. The van der Waals surface area contributed by atoms with Crippen LogP contribution in [0.5, 0.6) is 0 Å². The van der Waals surface area contributed by atoms with E-state index in [0.717, 1.165) is 12.8 Å². The van der Waals surface area contributed by atoms with Gasteiger partial charge in [0.1, 0.15) is 0 Å². The third kappa shape index (κ3) is 6.54. The topological polar surface area (TPSA) is 75.7 Å². The number of carbonyl (C=O) groups excluding carboxylic acids is 3. The normalized spacial score (nSPS) is 10.2. The molecule has 0 fully saturated rings. The van der Waals surface area contributed by atoms with Gasteiger partial charge in [-0.15, -0.1) is 0 Å². The third-order valence-electron chi connectivity index (χ3n) is 4.21. The van der Waals surface area contributed by atoms with Crippen LogP contribution in [0.3, 0.4) is 0 Å². The summed E-state index contributed by atoms with van der Waals surface area (Å²) in [5.74, 6) is -1.02. The number of hydrogen-bond donors (Lipinski definition) is 1. The molecule has 148 valence electrons. The molecule has 0 saturated carbocycles. The summed E-state index contributed by atoms with van der Waals surface area (Å²) in [6.45, 7) is 3.83. The summed E-state index contributed by atoms with van der Waals surface area (Å²) < 4.78 is 5.01. The number of amides is 2. The number of hydrogen-bond acceptors (Lipinski definition) is 4. The molecule has 0 bridgehead atoms. The van der Waals surface area contributed by atoms with Gasteiger partial charge in [0.25, 0.3) is 0 Å². The molecule has 0 atom stereocenters. The molecule has 6 nitrogen and oxygen atoms in total. The molecule has 0 radical (unpaired) electrons. The average molecular weight is 382 g/mol. The largest absolute Gasteiger partial charge is 0.462 e. The first-order chi connectivity index (χ1) is 13.5. The number of nitrogens with one attached hydrogen (secondary N) is 1. The second-order valence-corrected chi connectivity index (χ2v) is 6.34. The Morgan fingerprint density at radius 1 is 1.00 bits per heavy atom. The highest BCUT2D eigenvalue weighted by atomic mass is 16.5. The summed E-state index contributed by atoms with van der Waals surface area (Å²) in [6, 6.07) is 16.7. The van der Waals surface area contributed by atoms with Gasteiger partial charge in [0, 0.05) is 13.5 Å². The van der Waals surface area contributed by atoms with Crippen LogP contribution in [-0.2, 0) is 20.7 Å². The molecule has 2 amide bonds. The Morgan fingerprint density at radius 2 is 1.68 bits per heavy atom. The van der Waals surface area contributed by atoms with Gasteiger partial charge in [-0.2, -0.15) is 0 Å². The molecule has 6 heteroatoms. The van der Waals surface area contributed by atoms with E-state index in [1.807, 2.05) is 30.3 Å². The van der Waals surface area contributed by atoms with Gasteiger partial charge in [0.2, 0.25) is 11.8 Å². The van der Waals surface area contributed by atoms with Crippen LogP contribution in [0.4, 0.5) is 5.69 Å². The van der Waals surface area contributed by atoms with Gasteiger partial charge in [0.15, 0.2) is 0 Å². The number of nitrogens with zero attached hydrogens (tertiary/aromatic N) is 1. The number of rotatable bonds is 9. The monoisotopic (exact) mass is 382 g/mol. The zero-order valence-corrected chi connectivity index (χ0v) is 16.3. The molecule has 0 unspecified atom stereocenters. The molecule has 2 aromatic rings. The van der Waals surface area contributed by atoms with Crippen LogP contribution in [0.25, 0.3) is 0 Å². The predicted octanol–water partition coefficient (Wildman–Crippen LogP) is 3.28. The second kappa shape index (κ2) is 10.9. The number of esters is 1. The fraction of sp³-hybridized carbons (Fsp3) is 0.318. The van der Waals surface area contributed by atoms with E-state index in [2.05, 4.69) is 5.32 Å². The predicted molar refractivity (Wildman–Crippen MR) is 108 cm³/mol. The molecule has 2 aromatic carbocycles. The van der Waals surface area contributed by atoms with Gasteiger partial charge in [-0.1, -0.05) is 42.5 Å². The first-order valence-electron chi connectivity index (χ1n) is 9.36. The smallest absolute Gasteiger partial charge is 0.340 e. The highest BCUT2D eigenvalue weighted by Crippen LogP contribution is 2.16. The minimum Gasteiger partial charge on any atom is -0.462 e. The van der Waals surface area contributed by atoms with Gasteiger partial charge in [-0.3, -0.25) is 9.59 Å². The Hall–Kier alpha value is -3.15. The van der Waals surface area contributed by atoms with E-state index in [-0.39, 0.29) is 30.5 Å². The highest BCUT2D eigenvalue weighted by Gasteiger charge is 2.17. The molecule has 0 heterocycles. The van der Waals surface area contributed by atoms with Gasteiger partial charge >= 0.3 is 5.97 Å². The lowest BCUT2D eigenvalue weighted by molar-refractivity contribution is -0.132. The summed E-state index contributed by atoms with van der Waals surface area (Å²) in [4.78, 5) is 37.9. The lowest BCUT2D eigenvalue weighted by Crippen LogP contribution is -2.37. The molecular formula is C22H26N2O4. The van der Waals surface area contributed by atoms with Crippen molar-refractivity contribution in [2.75, 3.05) is 25.0 Å². The average Bonchev–Trinajstić information content (AvgIpc) is 2.68. The van der Waals surface area contributed by atoms with E-state index < -0.39 is 5.97 Å². The van der Waals surface area contributed by atoms with Crippen molar-refractivity contribution in [2.45, 2.75) is 26.7 Å². The molecule has 2 rings (SSSR count). The van der Waals surface area contributed by atoms with Crippen LogP contribution in [0.2, 0.25) is 0 Å². The van der Waals surface area contributed by atoms with Crippen molar-refractivity contribution in [1.29, 1.82) is 0 Å². The van der Waals surface area contributed by atoms with E-state index in [4.69, 9.17) is 4.74 Å². The van der Waals surface area contributed by atoms with E-state index >= 15 is 0 Å². The maximum absolute atomic E-state index is 12.4. The second-order valence-electron chi connectivity index (χ2n) is 6.34. The molecule has 1 N–H and O–H groups in total. The maximum atomic E-state index is 12.4. The van der Waals surface area contributed by atoms with Crippen LogP contribution in [0.15, 0.2) is 54.6 Å². The van der Waals surface area contributed by atoms with E-state index in [1.165, 1.54) is 17.4 Å². The van der Waals surface area contributed by atoms with Crippen molar-refractivity contribution in [3.8, 4) is 0 Å². The summed E-state index contributed by atoms with van der Waals surface area (Å²) in [5.41, 5.74) is 1.86. The van der Waals surface area contributed by atoms with Crippen molar-refractivity contribution in [3.05, 3.63) is 65.7 Å². The maximum Gasteiger partial charge on any atom is 0.340 e. The van der Waals surface area contributed by atoms with Crippen molar-refractivity contribution in [3.63, 3.8) is 0 Å². The molecule has 0 aromatic heterocycles. The van der Waals surface area contributed by atoms with Gasteiger partial charge in [0.05, 0.1) is 24.4 Å². The Labute approximate surface area is 165 Å². The molecule has 28 heavy (non-hydrogen) atoms. The van der Waals surface area contributed by atoms with Crippen LogP contribution >= 0.6 is 0 Å². The first-order valence-corrected chi connectivity index (χ1v) is 9.36. The van der Waals surface area contributed by atoms with E-state index in [0.29, 0.717) is 12.2 Å². The van der Waals surface area contributed by atoms with Crippen LogP contribution in [0, 0.1) is 0 Å². The van der Waals surface area contributed by atoms with Crippen LogP contribution in [0.1, 0.15) is 36.2 Å². The van der Waals surface area contributed by atoms with E-state index in [9.17, 15) is 14.4 Å². The summed E-state index contributed by atoms with van der Waals surface area (Å²) in [5, 5.41) is 2.71. The third-order valence-corrected chi connectivity index (χ3v) is 4.21. The standard InChI is InChI=1S/C22H26N2O4/c1-3-28-22(27)19-13-7-8-14-20(19)23-21(26)16-24(17(2)25)15-9-12-18-10-5-4-6-11-18/h4-8,10-11,13-14H,3,9,12,15-16H2,1-2H3,(H,23,26). The number of anilines is 1. The Kier molecular flexibility index (Phi) is 8.21.